The maximum Gasteiger partial charge on any atom is 0.153 e. The lowest BCUT2D eigenvalue weighted by molar-refractivity contribution is 0.535. The molecule has 0 spiro atoms. The van der Waals surface area contributed by atoms with Crippen LogP contribution in [-0.4, -0.2) is 10.2 Å². The van der Waals surface area contributed by atoms with Crippen molar-refractivity contribution in [1.82, 2.24) is 10.2 Å². The van der Waals surface area contributed by atoms with E-state index in [0.717, 1.165) is 32.6 Å². The number of aromatic amines is 1. The Morgan fingerprint density at radius 3 is 2.68 bits per heavy atom. The number of aromatic nitrogens is 2. The minimum atomic E-state index is 0.475. The minimum absolute atomic E-state index is 0.475. The van der Waals surface area contributed by atoms with Crippen molar-refractivity contribution in [3.05, 3.63) is 46.8 Å². The van der Waals surface area contributed by atoms with E-state index in [-0.39, 0.29) is 0 Å². The summed E-state index contributed by atoms with van der Waals surface area (Å²) < 4.78 is 6.33. The van der Waals surface area contributed by atoms with E-state index in [1.807, 2.05) is 37.3 Å². The van der Waals surface area contributed by atoms with E-state index in [4.69, 9.17) is 10.2 Å². The van der Waals surface area contributed by atoms with Gasteiger partial charge in [0.1, 0.15) is 5.76 Å². The van der Waals surface area contributed by atoms with Gasteiger partial charge < -0.3 is 10.2 Å². The van der Waals surface area contributed by atoms with E-state index in [1.165, 1.54) is 0 Å². The predicted octanol–water partition coefficient (Wildman–Crippen LogP) is 3.99. The second-order valence-corrected chi connectivity index (χ2v) is 5.08. The van der Waals surface area contributed by atoms with Crippen LogP contribution in [0.2, 0.25) is 0 Å². The van der Waals surface area contributed by atoms with Crippen LogP contribution in [0, 0.1) is 6.92 Å². The lowest BCUT2D eigenvalue weighted by Crippen LogP contribution is -1.89. The number of benzene rings is 1. The molecule has 0 unspecified atom stereocenters. The normalized spacial score (nSPS) is 10.8. The first kappa shape index (κ1) is 12.0. The number of nitrogens with one attached hydrogen (secondary N) is 1. The smallest absolute Gasteiger partial charge is 0.153 e. The van der Waals surface area contributed by atoms with E-state index >= 15 is 0 Å². The van der Waals surface area contributed by atoms with Crippen molar-refractivity contribution < 1.29 is 4.42 Å². The summed E-state index contributed by atoms with van der Waals surface area (Å²) in [5.74, 6) is 1.31. The Balaban J connectivity index is 2.26. The van der Waals surface area contributed by atoms with Crippen molar-refractivity contribution in [3.8, 4) is 22.4 Å². The van der Waals surface area contributed by atoms with Gasteiger partial charge in [-0.3, -0.25) is 5.10 Å². The van der Waals surface area contributed by atoms with Crippen LogP contribution < -0.4 is 5.73 Å². The van der Waals surface area contributed by atoms with Gasteiger partial charge in [-0.2, -0.15) is 5.10 Å². The van der Waals surface area contributed by atoms with Crippen LogP contribution in [0.5, 0.6) is 0 Å². The molecular weight excluding hydrogens is 306 g/mol. The molecule has 4 nitrogen and oxygen atoms in total. The highest BCUT2D eigenvalue weighted by Gasteiger charge is 2.18. The zero-order valence-electron chi connectivity index (χ0n) is 10.3. The summed E-state index contributed by atoms with van der Waals surface area (Å²) in [6.45, 7) is 1.91. The van der Waals surface area contributed by atoms with Crippen molar-refractivity contribution in [2.45, 2.75) is 6.92 Å². The Kier molecular flexibility index (Phi) is 2.91. The second kappa shape index (κ2) is 4.59. The number of furan rings is 1. The highest BCUT2D eigenvalue weighted by molar-refractivity contribution is 9.10. The molecular formula is C14H12BrN3O. The molecule has 0 fully saturated rings. The van der Waals surface area contributed by atoms with Gasteiger partial charge in [-0.25, -0.2) is 0 Å². The topological polar surface area (TPSA) is 67.8 Å². The number of halogens is 1. The van der Waals surface area contributed by atoms with Gasteiger partial charge in [0, 0.05) is 15.6 Å². The monoisotopic (exact) mass is 317 g/mol. The molecule has 0 saturated carbocycles. The summed E-state index contributed by atoms with van der Waals surface area (Å²) in [5, 5.41) is 7.11. The number of nitrogen functional groups attached to an aromatic ring is 1. The highest BCUT2D eigenvalue weighted by Crippen LogP contribution is 2.39. The summed E-state index contributed by atoms with van der Waals surface area (Å²) >= 11 is 3.55. The molecule has 0 aliphatic heterocycles. The molecule has 0 amide bonds. The summed E-state index contributed by atoms with van der Waals surface area (Å²) in [5.41, 5.74) is 9.73. The van der Waals surface area contributed by atoms with E-state index in [0.29, 0.717) is 5.82 Å². The van der Waals surface area contributed by atoms with Crippen LogP contribution in [0.15, 0.2) is 45.5 Å². The van der Waals surface area contributed by atoms with Gasteiger partial charge in [-0.15, -0.1) is 0 Å². The molecule has 2 aromatic heterocycles. The predicted molar refractivity (Wildman–Crippen MR) is 78.6 cm³/mol. The largest absolute Gasteiger partial charge is 0.469 e. The van der Waals surface area contributed by atoms with Crippen LogP contribution in [0.4, 0.5) is 5.82 Å². The first-order chi connectivity index (χ1) is 9.18. The van der Waals surface area contributed by atoms with Crippen LogP contribution in [0.3, 0.4) is 0 Å². The lowest BCUT2D eigenvalue weighted by atomic mass is 10.0. The molecule has 3 N–H and O–H groups in total. The molecule has 19 heavy (non-hydrogen) atoms. The van der Waals surface area contributed by atoms with E-state index < -0.39 is 0 Å². The van der Waals surface area contributed by atoms with Gasteiger partial charge in [0.05, 0.1) is 17.5 Å². The molecule has 1 aromatic carbocycles. The van der Waals surface area contributed by atoms with Crippen LogP contribution in [-0.2, 0) is 0 Å². The van der Waals surface area contributed by atoms with E-state index in [2.05, 4.69) is 26.1 Å². The van der Waals surface area contributed by atoms with Gasteiger partial charge in [0.15, 0.2) is 5.82 Å². The molecule has 3 aromatic rings. The fourth-order valence-corrected chi connectivity index (χ4v) is 2.61. The van der Waals surface area contributed by atoms with Gasteiger partial charge in [-0.05, 0) is 19.1 Å². The average Bonchev–Trinajstić information content (AvgIpc) is 2.96. The number of hydrogen-bond donors (Lipinski definition) is 2. The maximum atomic E-state index is 6.00. The molecule has 0 bridgehead atoms. The third kappa shape index (κ3) is 1.96. The molecule has 5 heteroatoms. The van der Waals surface area contributed by atoms with Gasteiger partial charge in [0.2, 0.25) is 0 Å². The van der Waals surface area contributed by atoms with Crippen molar-refractivity contribution in [2.75, 3.05) is 5.73 Å². The Bertz CT molecular complexity index is 730. The first-order valence-electron chi connectivity index (χ1n) is 5.81. The Morgan fingerprint density at radius 1 is 1.21 bits per heavy atom. The molecule has 2 heterocycles. The number of nitrogens with two attached hydrogens (primary N) is 1. The third-order valence-electron chi connectivity index (χ3n) is 3.07. The summed E-state index contributed by atoms with van der Waals surface area (Å²) in [6, 6.07) is 9.83. The van der Waals surface area contributed by atoms with Crippen molar-refractivity contribution >= 4 is 21.7 Å². The van der Waals surface area contributed by atoms with Crippen LogP contribution in [0.1, 0.15) is 5.76 Å². The van der Waals surface area contributed by atoms with E-state index in [9.17, 15) is 0 Å². The number of aryl methyl sites for hydroxylation is 1. The summed E-state index contributed by atoms with van der Waals surface area (Å²) in [6.07, 6.45) is 1.66. The van der Waals surface area contributed by atoms with Gasteiger partial charge in [0.25, 0.3) is 0 Å². The fraction of sp³-hybridized carbons (Fsp3) is 0.0714. The summed E-state index contributed by atoms with van der Waals surface area (Å²) in [4.78, 5) is 0. The Labute approximate surface area is 118 Å². The molecule has 0 aliphatic rings. The number of nitrogens with zero attached hydrogens (tertiary/aromatic N) is 1. The van der Waals surface area contributed by atoms with E-state index in [1.54, 1.807) is 6.26 Å². The van der Waals surface area contributed by atoms with Crippen LogP contribution >= 0.6 is 15.9 Å². The van der Waals surface area contributed by atoms with Crippen molar-refractivity contribution in [2.24, 2.45) is 0 Å². The number of H-pyrrole nitrogens is 1. The fourth-order valence-electron chi connectivity index (χ4n) is 2.13. The molecule has 3 rings (SSSR count). The number of hydrogen-bond acceptors (Lipinski definition) is 3. The molecule has 0 saturated heterocycles. The zero-order valence-corrected chi connectivity index (χ0v) is 11.9. The molecule has 0 atom stereocenters. The SMILES string of the molecule is Cc1occc1-c1[nH]nc(N)c1-c1ccccc1Br. The quantitative estimate of drug-likeness (QED) is 0.751. The first-order valence-corrected chi connectivity index (χ1v) is 6.61. The van der Waals surface area contributed by atoms with Crippen molar-refractivity contribution in [1.29, 1.82) is 0 Å². The highest BCUT2D eigenvalue weighted by atomic mass is 79.9. The third-order valence-corrected chi connectivity index (χ3v) is 3.76. The molecule has 0 radical (unpaired) electrons. The standard InChI is InChI=1S/C14H12BrN3O/c1-8-9(6-7-19-8)13-12(14(16)18-17-13)10-4-2-3-5-11(10)15/h2-7H,1H3,(H3,16,17,18). The second-order valence-electron chi connectivity index (χ2n) is 4.23. The lowest BCUT2D eigenvalue weighted by Gasteiger charge is -2.06. The molecule has 0 aliphatic carbocycles. The zero-order chi connectivity index (χ0) is 13.4. The summed E-state index contributed by atoms with van der Waals surface area (Å²) in [7, 11) is 0. The number of anilines is 1. The Hall–Kier alpha value is -2.01. The van der Waals surface area contributed by atoms with Gasteiger partial charge >= 0.3 is 0 Å². The molecule has 96 valence electrons. The van der Waals surface area contributed by atoms with Crippen LogP contribution in [0.25, 0.3) is 22.4 Å². The average molecular weight is 318 g/mol. The minimum Gasteiger partial charge on any atom is -0.469 e. The maximum absolute atomic E-state index is 6.00. The Morgan fingerprint density at radius 2 is 2.00 bits per heavy atom. The van der Waals surface area contributed by atoms with Gasteiger partial charge in [-0.1, -0.05) is 34.1 Å². The number of rotatable bonds is 2. The van der Waals surface area contributed by atoms with Crippen molar-refractivity contribution in [3.63, 3.8) is 0 Å².